The number of hydrogen-bond acceptors (Lipinski definition) is 15. The van der Waals surface area contributed by atoms with Crippen molar-refractivity contribution in [2.45, 2.75) is 68.8 Å². The number of carbonyl (C=O) groups is 5. The van der Waals surface area contributed by atoms with E-state index in [0.717, 1.165) is 0 Å². The molecule has 0 radical (unpaired) electrons. The van der Waals surface area contributed by atoms with E-state index >= 15 is 0 Å². The maximum Gasteiger partial charge on any atom is 0.338 e. The van der Waals surface area contributed by atoms with E-state index in [1.54, 1.807) is 166 Å². The highest BCUT2D eigenvalue weighted by Gasteiger charge is 2.56. The minimum atomic E-state index is -1.71. The maximum atomic E-state index is 14.2. The van der Waals surface area contributed by atoms with Crippen molar-refractivity contribution in [3.63, 3.8) is 0 Å². The Balaban J connectivity index is 1.21. The Morgan fingerprint density at radius 3 is 1.28 bits per heavy atom. The number of ether oxygens (including phenoxy) is 10. The van der Waals surface area contributed by atoms with Gasteiger partial charge < -0.3 is 47.4 Å². The second-order valence-electron chi connectivity index (χ2n) is 15.9. The predicted molar refractivity (Wildman–Crippen MR) is 245 cm³/mol. The van der Waals surface area contributed by atoms with E-state index in [4.69, 9.17) is 47.4 Å². The van der Waals surface area contributed by atoms with Crippen molar-refractivity contribution >= 4 is 29.8 Å². The number of carbonyl (C=O) groups excluding carboxylic acids is 5. The first-order valence-electron chi connectivity index (χ1n) is 22.1. The molecule has 0 amide bonds. The minimum Gasteiger partial charge on any atom is -0.497 e. The van der Waals surface area contributed by atoms with Crippen molar-refractivity contribution in [1.82, 2.24) is 0 Å². The zero-order chi connectivity index (χ0) is 48.1. The molecule has 2 aliphatic heterocycles. The van der Waals surface area contributed by atoms with Gasteiger partial charge in [0.25, 0.3) is 0 Å². The standard InChI is InChI=1S/C54H48O15/c1-34-43(65-49(56)37-20-10-4-11-21-37)45(67-51(58)39-24-14-6-15-25-39)47(68-52(59)40-26-16-7-17-27-40)54(63-34)69-46-44(66-50(57)38-22-12-5-13-23-38)42(64-48(55)36-18-8-3-9-19-36)33-62-53(46)61-32-35-28-30-41(60-2)31-29-35/h3-31,34,42-47,53-54H,32-33H2,1-2H3/t34-,42-,43-,44-,45+,46+,47+,53+,54-/m0/s1. The van der Waals surface area contributed by atoms with Gasteiger partial charge in [-0.25, -0.2) is 24.0 Å². The Bertz CT molecular complexity index is 2630. The Labute approximate surface area is 397 Å². The van der Waals surface area contributed by atoms with Gasteiger partial charge in [-0.05, 0) is 85.3 Å². The fourth-order valence-corrected chi connectivity index (χ4v) is 7.68. The normalized spacial score (nSPS) is 23.1. The van der Waals surface area contributed by atoms with Crippen LogP contribution in [-0.4, -0.2) is 98.9 Å². The molecule has 15 heteroatoms. The van der Waals surface area contributed by atoms with Crippen molar-refractivity contribution in [3.8, 4) is 5.75 Å². The lowest BCUT2D eigenvalue weighted by atomic mass is 9.97. The third-order valence-corrected chi connectivity index (χ3v) is 11.3. The molecule has 69 heavy (non-hydrogen) atoms. The average Bonchev–Trinajstić information content (AvgIpc) is 3.40. The third-order valence-electron chi connectivity index (χ3n) is 11.3. The van der Waals surface area contributed by atoms with Gasteiger partial charge in [-0.15, -0.1) is 0 Å². The average molecular weight is 937 g/mol. The first kappa shape index (κ1) is 47.8. The predicted octanol–water partition coefficient (Wildman–Crippen LogP) is 7.83. The molecule has 0 bridgehead atoms. The molecule has 8 rings (SSSR count). The van der Waals surface area contributed by atoms with E-state index in [-0.39, 0.29) is 41.0 Å². The summed E-state index contributed by atoms with van der Waals surface area (Å²) in [6, 6.07) is 47.6. The summed E-state index contributed by atoms with van der Waals surface area (Å²) in [5.41, 5.74) is 1.51. The van der Waals surface area contributed by atoms with Crippen LogP contribution in [0.4, 0.5) is 0 Å². The van der Waals surface area contributed by atoms with E-state index in [0.29, 0.717) is 11.3 Å². The Morgan fingerprint density at radius 1 is 0.449 bits per heavy atom. The van der Waals surface area contributed by atoms with Gasteiger partial charge in [0, 0.05) is 0 Å². The molecule has 6 aromatic rings. The summed E-state index contributed by atoms with van der Waals surface area (Å²) in [6.45, 7) is 1.16. The second kappa shape index (κ2) is 22.9. The largest absolute Gasteiger partial charge is 0.497 e. The Morgan fingerprint density at radius 2 is 0.841 bits per heavy atom. The zero-order valence-electron chi connectivity index (χ0n) is 37.5. The van der Waals surface area contributed by atoms with Crippen LogP contribution < -0.4 is 4.74 Å². The first-order chi connectivity index (χ1) is 33.6. The Hall–Kier alpha value is -7.69. The highest BCUT2D eigenvalue weighted by atomic mass is 16.8. The molecular weight excluding hydrogens is 889 g/mol. The highest BCUT2D eigenvalue weighted by Crippen LogP contribution is 2.35. The van der Waals surface area contributed by atoms with Crippen LogP contribution in [0.1, 0.15) is 64.3 Å². The molecule has 0 aliphatic carbocycles. The summed E-state index contributed by atoms with van der Waals surface area (Å²) < 4.78 is 62.2. The van der Waals surface area contributed by atoms with Crippen molar-refractivity contribution in [3.05, 3.63) is 209 Å². The van der Waals surface area contributed by atoms with E-state index in [9.17, 15) is 24.0 Å². The second-order valence-corrected chi connectivity index (χ2v) is 15.9. The van der Waals surface area contributed by atoms with Gasteiger partial charge in [-0.2, -0.15) is 0 Å². The fourth-order valence-electron chi connectivity index (χ4n) is 7.68. The SMILES string of the molecule is COc1ccc(CO[C@@H]2OC[C@H](OC(=O)c3ccccc3)[C@H](OC(=O)c3ccccc3)[C@H]2O[C@@H]2O[C@@H](C)[C@H](OC(=O)c3ccccc3)[C@@H](OC(=O)c3ccccc3)[C@H]2OC(=O)c2ccccc2)cc1. The molecule has 354 valence electrons. The van der Waals surface area contributed by atoms with E-state index < -0.39 is 85.2 Å². The lowest BCUT2D eigenvalue weighted by molar-refractivity contribution is -0.352. The van der Waals surface area contributed by atoms with Gasteiger partial charge >= 0.3 is 29.8 Å². The van der Waals surface area contributed by atoms with Crippen LogP contribution in [0.5, 0.6) is 5.75 Å². The molecule has 6 aromatic carbocycles. The monoisotopic (exact) mass is 936 g/mol. The van der Waals surface area contributed by atoms with Gasteiger partial charge in [0.15, 0.2) is 49.2 Å². The van der Waals surface area contributed by atoms with Crippen LogP contribution in [-0.2, 0) is 49.2 Å². The number of methoxy groups -OCH3 is 1. The van der Waals surface area contributed by atoms with Gasteiger partial charge in [0.2, 0.25) is 0 Å². The summed E-state index contributed by atoms with van der Waals surface area (Å²) in [6.07, 6.45) is -13.3. The lowest BCUT2D eigenvalue weighted by Crippen LogP contribution is -2.65. The van der Waals surface area contributed by atoms with Gasteiger partial charge in [0.05, 0.1) is 54.2 Å². The van der Waals surface area contributed by atoms with Gasteiger partial charge in [-0.1, -0.05) is 103 Å². The summed E-state index contributed by atoms with van der Waals surface area (Å²) in [5, 5.41) is 0. The molecule has 0 unspecified atom stereocenters. The topological polar surface area (TPSA) is 178 Å². The molecule has 2 aliphatic rings. The molecule has 2 heterocycles. The minimum absolute atomic E-state index is 0.0640. The van der Waals surface area contributed by atoms with E-state index in [2.05, 4.69) is 0 Å². The molecule has 15 nitrogen and oxygen atoms in total. The molecule has 9 atom stereocenters. The molecule has 2 fully saturated rings. The summed E-state index contributed by atoms with van der Waals surface area (Å²) >= 11 is 0. The molecule has 2 saturated heterocycles. The first-order valence-corrected chi connectivity index (χ1v) is 22.1. The number of esters is 5. The molecule has 0 spiro atoms. The number of hydrogen-bond donors (Lipinski definition) is 0. The fraction of sp³-hybridized carbons (Fsp3) is 0.241. The van der Waals surface area contributed by atoms with Crippen LogP contribution in [0.15, 0.2) is 176 Å². The summed E-state index contributed by atoms with van der Waals surface area (Å²) in [7, 11) is 1.54. The van der Waals surface area contributed by atoms with Crippen molar-refractivity contribution in [1.29, 1.82) is 0 Å². The van der Waals surface area contributed by atoms with Crippen LogP contribution in [0.2, 0.25) is 0 Å². The summed E-state index contributed by atoms with van der Waals surface area (Å²) in [4.78, 5) is 69.8. The molecule has 0 saturated carbocycles. The quantitative estimate of drug-likeness (QED) is 0.0677. The van der Waals surface area contributed by atoms with Crippen LogP contribution in [0.3, 0.4) is 0 Å². The number of benzene rings is 6. The van der Waals surface area contributed by atoms with Gasteiger partial charge in [0.1, 0.15) is 5.75 Å². The van der Waals surface area contributed by atoms with E-state index in [1.165, 1.54) is 24.3 Å². The Kier molecular flexibility index (Phi) is 15.8. The number of rotatable bonds is 16. The van der Waals surface area contributed by atoms with Crippen LogP contribution >= 0.6 is 0 Å². The molecular formula is C54H48O15. The van der Waals surface area contributed by atoms with Crippen molar-refractivity contribution < 1.29 is 71.3 Å². The zero-order valence-corrected chi connectivity index (χ0v) is 37.5. The van der Waals surface area contributed by atoms with E-state index in [1.807, 2.05) is 0 Å². The smallest absolute Gasteiger partial charge is 0.338 e. The van der Waals surface area contributed by atoms with Crippen LogP contribution in [0.25, 0.3) is 0 Å². The molecule has 0 aromatic heterocycles. The molecule has 0 N–H and O–H groups in total. The maximum absolute atomic E-state index is 14.2. The van der Waals surface area contributed by atoms with Crippen LogP contribution in [0, 0.1) is 0 Å². The van der Waals surface area contributed by atoms with Crippen molar-refractivity contribution in [2.24, 2.45) is 0 Å². The lowest BCUT2D eigenvalue weighted by Gasteiger charge is -2.47. The third kappa shape index (κ3) is 12.1. The summed E-state index contributed by atoms with van der Waals surface area (Å²) in [5.74, 6) is -3.46. The highest BCUT2D eigenvalue weighted by molar-refractivity contribution is 5.92. The van der Waals surface area contributed by atoms with Crippen molar-refractivity contribution in [2.75, 3.05) is 13.7 Å². The van der Waals surface area contributed by atoms with Gasteiger partial charge in [-0.3, -0.25) is 0 Å².